The molecule has 0 radical (unpaired) electrons. The van der Waals surface area contributed by atoms with E-state index in [2.05, 4.69) is 20.7 Å². The summed E-state index contributed by atoms with van der Waals surface area (Å²) < 4.78 is 6.91. The van der Waals surface area contributed by atoms with Crippen molar-refractivity contribution < 1.29 is 9.32 Å². The minimum atomic E-state index is -0.166. The lowest BCUT2D eigenvalue weighted by atomic mass is 10.2. The quantitative estimate of drug-likeness (QED) is 0.693. The van der Waals surface area contributed by atoms with E-state index in [1.807, 2.05) is 41.8 Å². The topological polar surface area (TPSA) is 85.8 Å². The van der Waals surface area contributed by atoms with Gasteiger partial charge in [-0.15, -0.1) is 10.2 Å². The summed E-state index contributed by atoms with van der Waals surface area (Å²) in [5.74, 6) is 1.93. The van der Waals surface area contributed by atoms with Crippen molar-refractivity contribution in [3.63, 3.8) is 0 Å². The zero-order chi connectivity index (χ0) is 16.9. The minimum Gasteiger partial charge on any atom is -0.360 e. The first-order valence-corrected chi connectivity index (χ1v) is 8.40. The number of carbonyl (C=O) groups is 1. The molecule has 7 nitrogen and oxygen atoms in total. The van der Waals surface area contributed by atoms with E-state index in [4.69, 9.17) is 4.52 Å². The van der Waals surface area contributed by atoms with E-state index < -0.39 is 0 Å². The predicted octanol–water partition coefficient (Wildman–Crippen LogP) is 2.66. The Morgan fingerprint density at radius 3 is 2.75 bits per heavy atom. The van der Waals surface area contributed by atoms with Gasteiger partial charge in [0.2, 0.25) is 5.91 Å². The number of nitrogens with one attached hydrogen (secondary N) is 1. The van der Waals surface area contributed by atoms with Crippen molar-refractivity contribution >= 4 is 23.5 Å². The number of nitrogens with zero attached hydrogens (tertiary/aromatic N) is 4. The molecule has 0 saturated carbocycles. The van der Waals surface area contributed by atoms with Crippen molar-refractivity contribution in [3.8, 4) is 0 Å². The molecular formula is C16H17N5O2S. The molecule has 0 bridgehead atoms. The van der Waals surface area contributed by atoms with E-state index in [-0.39, 0.29) is 11.7 Å². The number of aryl methyl sites for hydroxylation is 2. The van der Waals surface area contributed by atoms with Gasteiger partial charge in [-0.3, -0.25) is 4.79 Å². The van der Waals surface area contributed by atoms with Crippen LogP contribution < -0.4 is 5.32 Å². The van der Waals surface area contributed by atoms with Gasteiger partial charge in [0.05, 0.1) is 12.3 Å². The van der Waals surface area contributed by atoms with E-state index in [1.54, 1.807) is 13.0 Å². The summed E-state index contributed by atoms with van der Waals surface area (Å²) in [6.07, 6.45) is 0. The average Bonchev–Trinajstić information content (AvgIpc) is 3.13. The van der Waals surface area contributed by atoms with Crippen molar-refractivity contribution in [2.24, 2.45) is 0 Å². The molecule has 1 aromatic carbocycles. The number of anilines is 1. The summed E-state index contributed by atoms with van der Waals surface area (Å²) in [6.45, 7) is 4.34. The van der Waals surface area contributed by atoms with Gasteiger partial charge < -0.3 is 14.4 Å². The molecule has 0 aliphatic heterocycles. The average molecular weight is 343 g/mol. The summed E-state index contributed by atoms with van der Waals surface area (Å²) in [5.41, 5.74) is 1.16. The molecule has 0 fully saturated rings. The van der Waals surface area contributed by atoms with E-state index in [1.165, 1.54) is 11.8 Å². The van der Waals surface area contributed by atoms with Gasteiger partial charge in [0, 0.05) is 6.07 Å². The van der Waals surface area contributed by atoms with Crippen LogP contribution in [0.15, 0.2) is 46.1 Å². The third kappa shape index (κ3) is 4.02. The highest BCUT2D eigenvalue weighted by molar-refractivity contribution is 7.99. The van der Waals surface area contributed by atoms with E-state index in [0.717, 1.165) is 11.4 Å². The highest BCUT2D eigenvalue weighted by Crippen LogP contribution is 2.19. The van der Waals surface area contributed by atoms with Crippen molar-refractivity contribution in [1.29, 1.82) is 0 Å². The van der Waals surface area contributed by atoms with Crippen molar-refractivity contribution in [2.75, 3.05) is 11.1 Å². The second-order valence-corrected chi connectivity index (χ2v) is 6.20. The van der Waals surface area contributed by atoms with Crippen molar-refractivity contribution in [1.82, 2.24) is 19.9 Å². The van der Waals surface area contributed by atoms with Crippen LogP contribution >= 0.6 is 11.8 Å². The molecule has 3 rings (SSSR count). The number of amides is 1. The highest BCUT2D eigenvalue weighted by atomic mass is 32.2. The molecule has 0 aliphatic carbocycles. The molecule has 0 saturated heterocycles. The van der Waals surface area contributed by atoms with Crippen molar-refractivity contribution in [2.45, 2.75) is 25.5 Å². The molecule has 0 aliphatic rings. The van der Waals surface area contributed by atoms with Gasteiger partial charge in [-0.25, -0.2) is 0 Å². The third-order valence-corrected chi connectivity index (χ3v) is 4.28. The summed E-state index contributed by atoms with van der Waals surface area (Å²) in [4.78, 5) is 12.0. The lowest BCUT2D eigenvalue weighted by Crippen LogP contribution is -2.15. The van der Waals surface area contributed by atoms with Crippen LogP contribution in [0.25, 0.3) is 0 Å². The van der Waals surface area contributed by atoms with Gasteiger partial charge >= 0.3 is 0 Å². The molecule has 24 heavy (non-hydrogen) atoms. The number of hydrogen-bond donors (Lipinski definition) is 1. The molecule has 2 aromatic heterocycles. The second kappa shape index (κ2) is 7.31. The van der Waals surface area contributed by atoms with Crippen LogP contribution in [-0.4, -0.2) is 31.6 Å². The summed E-state index contributed by atoms with van der Waals surface area (Å²) in [5, 5.41) is 15.4. The smallest absolute Gasteiger partial charge is 0.236 e. The summed E-state index contributed by atoms with van der Waals surface area (Å²) in [6, 6.07) is 11.7. The SMILES string of the molecule is Cc1cc(NC(=O)CSc2nnc(C)n2Cc2ccccc2)no1. The molecule has 124 valence electrons. The Morgan fingerprint density at radius 2 is 2.04 bits per heavy atom. The van der Waals surface area contributed by atoms with Gasteiger partial charge in [-0.2, -0.15) is 0 Å². The monoisotopic (exact) mass is 343 g/mol. The normalized spacial score (nSPS) is 10.8. The number of rotatable bonds is 6. The van der Waals surface area contributed by atoms with Gasteiger partial charge in [-0.1, -0.05) is 47.3 Å². The molecular weight excluding hydrogens is 326 g/mol. The van der Waals surface area contributed by atoms with Crippen LogP contribution in [-0.2, 0) is 11.3 Å². The Bertz CT molecular complexity index is 828. The molecule has 8 heteroatoms. The number of benzene rings is 1. The molecule has 1 N–H and O–H groups in total. The van der Waals surface area contributed by atoms with E-state index in [9.17, 15) is 4.79 Å². The Balaban J connectivity index is 1.62. The van der Waals surface area contributed by atoms with Gasteiger partial charge in [0.25, 0.3) is 0 Å². The number of thioether (sulfide) groups is 1. The molecule has 2 heterocycles. The third-order valence-electron chi connectivity index (χ3n) is 3.31. The second-order valence-electron chi connectivity index (χ2n) is 5.26. The fourth-order valence-electron chi connectivity index (χ4n) is 2.15. The molecule has 0 spiro atoms. The number of hydrogen-bond acceptors (Lipinski definition) is 6. The van der Waals surface area contributed by atoms with E-state index in [0.29, 0.717) is 23.3 Å². The largest absolute Gasteiger partial charge is 0.360 e. The first kappa shape index (κ1) is 16.3. The van der Waals surface area contributed by atoms with Crippen LogP contribution in [0.3, 0.4) is 0 Å². The standard InChI is InChI=1S/C16H17N5O2S/c1-11-8-14(20-23-11)17-15(22)10-24-16-19-18-12(2)21(16)9-13-6-4-3-5-7-13/h3-8H,9-10H2,1-2H3,(H,17,20,22). The zero-order valence-corrected chi connectivity index (χ0v) is 14.2. The Morgan fingerprint density at radius 1 is 1.25 bits per heavy atom. The molecule has 0 atom stereocenters. The van der Waals surface area contributed by atoms with Gasteiger partial charge in [-0.05, 0) is 19.4 Å². The fourth-order valence-corrected chi connectivity index (χ4v) is 2.93. The molecule has 0 unspecified atom stereocenters. The maximum absolute atomic E-state index is 12.0. The zero-order valence-electron chi connectivity index (χ0n) is 13.4. The Labute approximate surface area is 143 Å². The van der Waals surface area contributed by atoms with Gasteiger partial charge in [0.1, 0.15) is 11.6 Å². The molecule has 1 amide bonds. The minimum absolute atomic E-state index is 0.166. The van der Waals surface area contributed by atoms with Crippen LogP contribution in [0.5, 0.6) is 0 Å². The lowest BCUT2D eigenvalue weighted by Gasteiger charge is -2.08. The first-order valence-electron chi connectivity index (χ1n) is 7.41. The van der Waals surface area contributed by atoms with Crippen LogP contribution in [0.4, 0.5) is 5.82 Å². The Hall–Kier alpha value is -2.61. The predicted molar refractivity (Wildman–Crippen MR) is 90.9 cm³/mol. The summed E-state index contributed by atoms with van der Waals surface area (Å²) >= 11 is 1.34. The summed E-state index contributed by atoms with van der Waals surface area (Å²) in [7, 11) is 0. The van der Waals surface area contributed by atoms with Crippen LogP contribution in [0.2, 0.25) is 0 Å². The van der Waals surface area contributed by atoms with Crippen LogP contribution in [0.1, 0.15) is 17.1 Å². The molecule has 3 aromatic rings. The lowest BCUT2D eigenvalue weighted by molar-refractivity contribution is -0.113. The maximum atomic E-state index is 12.0. The maximum Gasteiger partial charge on any atom is 0.236 e. The van der Waals surface area contributed by atoms with Crippen LogP contribution in [0, 0.1) is 13.8 Å². The number of aromatic nitrogens is 4. The van der Waals surface area contributed by atoms with E-state index >= 15 is 0 Å². The number of carbonyl (C=O) groups excluding carboxylic acids is 1. The Kier molecular flexibility index (Phi) is 4.95. The fraction of sp³-hybridized carbons (Fsp3) is 0.250. The van der Waals surface area contributed by atoms with Crippen molar-refractivity contribution in [3.05, 3.63) is 53.5 Å². The van der Waals surface area contributed by atoms with Gasteiger partial charge in [0.15, 0.2) is 11.0 Å². The highest BCUT2D eigenvalue weighted by Gasteiger charge is 2.13. The first-order chi connectivity index (χ1) is 11.6.